The maximum absolute atomic E-state index is 12.7. The highest BCUT2D eigenvalue weighted by Crippen LogP contribution is 2.30. The van der Waals surface area contributed by atoms with Crippen LogP contribution >= 0.6 is 0 Å². The molecule has 1 aliphatic rings. The molecule has 6 heteroatoms. The van der Waals surface area contributed by atoms with Crippen LogP contribution in [0.15, 0.2) is 29.0 Å². The second-order valence-electron chi connectivity index (χ2n) is 5.94. The van der Waals surface area contributed by atoms with Crippen molar-refractivity contribution in [2.45, 2.75) is 33.2 Å². The fourth-order valence-electron chi connectivity index (χ4n) is 3.20. The van der Waals surface area contributed by atoms with E-state index in [2.05, 4.69) is 27.1 Å². The molecule has 2 aromatic rings. The van der Waals surface area contributed by atoms with Crippen LogP contribution in [0.2, 0.25) is 0 Å². The molecule has 2 heterocycles. The smallest absolute Gasteiger partial charge is 0.274 e. The minimum Gasteiger partial charge on any atom is -0.364 e. The van der Waals surface area contributed by atoms with E-state index in [-0.39, 0.29) is 11.6 Å². The summed E-state index contributed by atoms with van der Waals surface area (Å²) in [7, 11) is 0. The molecule has 23 heavy (non-hydrogen) atoms. The topological polar surface area (TPSA) is 75.4 Å². The molecular formula is C17H19N3O3. The zero-order valence-corrected chi connectivity index (χ0v) is 13.4. The van der Waals surface area contributed by atoms with Gasteiger partial charge in [-0.3, -0.25) is 9.59 Å². The highest BCUT2D eigenvalue weighted by molar-refractivity contribution is 6.04. The second-order valence-corrected chi connectivity index (χ2v) is 5.94. The maximum Gasteiger partial charge on any atom is 0.274 e. The van der Waals surface area contributed by atoms with Gasteiger partial charge in [0.25, 0.3) is 5.91 Å². The van der Waals surface area contributed by atoms with E-state index in [1.54, 1.807) is 4.90 Å². The molecule has 3 rings (SSSR count). The van der Waals surface area contributed by atoms with Crippen molar-refractivity contribution in [2.75, 3.05) is 11.4 Å². The number of anilines is 1. The van der Waals surface area contributed by atoms with Gasteiger partial charge in [-0.1, -0.05) is 22.9 Å². The average molecular weight is 313 g/mol. The Labute approximate surface area is 134 Å². The SMILES string of the molecule is Cc1cc(C)c(N2CCC(NC(=O)c3ccon3)C2=O)c(C)c1. The fraction of sp³-hybridized carbons (Fsp3) is 0.353. The van der Waals surface area contributed by atoms with Crippen molar-refractivity contribution in [2.24, 2.45) is 0 Å². The summed E-state index contributed by atoms with van der Waals surface area (Å²) in [5, 5.41) is 6.31. The largest absolute Gasteiger partial charge is 0.364 e. The molecule has 1 fully saturated rings. The third-order valence-electron chi connectivity index (χ3n) is 4.09. The van der Waals surface area contributed by atoms with E-state index >= 15 is 0 Å². The highest BCUT2D eigenvalue weighted by atomic mass is 16.5. The summed E-state index contributed by atoms with van der Waals surface area (Å²) in [5.41, 5.74) is 4.43. The first-order chi connectivity index (χ1) is 11.0. The van der Waals surface area contributed by atoms with Gasteiger partial charge in [-0.2, -0.15) is 0 Å². The molecule has 1 atom stereocenters. The molecule has 0 spiro atoms. The maximum atomic E-state index is 12.7. The molecule has 1 aromatic heterocycles. The fourth-order valence-corrected chi connectivity index (χ4v) is 3.20. The van der Waals surface area contributed by atoms with Crippen molar-refractivity contribution in [3.8, 4) is 0 Å². The van der Waals surface area contributed by atoms with Crippen LogP contribution < -0.4 is 10.2 Å². The third-order valence-corrected chi connectivity index (χ3v) is 4.09. The zero-order valence-electron chi connectivity index (χ0n) is 13.4. The van der Waals surface area contributed by atoms with Gasteiger partial charge in [-0.05, 0) is 38.3 Å². The first-order valence-corrected chi connectivity index (χ1v) is 7.58. The molecule has 120 valence electrons. The minimum absolute atomic E-state index is 0.0862. The van der Waals surface area contributed by atoms with Crippen LogP contribution in [0.5, 0.6) is 0 Å². The Balaban J connectivity index is 1.78. The van der Waals surface area contributed by atoms with Gasteiger partial charge in [0.2, 0.25) is 5.91 Å². The van der Waals surface area contributed by atoms with Gasteiger partial charge in [0.15, 0.2) is 5.69 Å². The summed E-state index contributed by atoms with van der Waals surface area (Å²) in [6, 6.07) is 5.08. The lowest BCUT2D eigenvalue weighted by Crippen LogP contribution is -2.42. The van der Waals surface area contributed by atoms with E-state index in [1.807, 2.05) is 20.8 Å². The number of benzene rings is 1. The number of hydrogen-bond donors (Lipinski definition) is 1. The van der Waals surface area contributed by atoms with E-state index in [9.17, 15) is 9.59 Å². The quantitative estimate of drug-likeness (QED) is 0.942. The van der Waals surface area contributed by atoms with Crippen LogP contribution in [0.4, 0.5) is 5.69 Å². The van der Waals surface area contributed by atoms with Gasteiger partial charge in [0.1, 0.15) is 12.3 Å². The predicted molar refractivity (Wildman–Crippen MR) is 85.4 cm³/mol. The Hall–Kier alpha value is -2.63. The van der Waals surface area contributed by atoms with E-state index in [0.29, 0.717) is 13.0 Å². The van der Waals surface area contributed by atoms with Crippen LogP contribution in [0, 0.1) is 20.8 Å². The number of aromatic nitrogens is 1. The lowest BCUT2D eigenvalue weighted by Gasteiger charge is -2.22. The van der Waals surface area contributed by atoms with Crippen molar-refractivity contribution in [3.05, 3.63) is 46.8 Å². The molecule has 0 saturated carbocycles. The standard InChI is InChI=1S/C17H19N3O3/c1-10-8-11(2)15(12(3)9-10)20-6-4-14(17(20)22)18-16(21)13-5-7-23-19-13/h5,7-9,14H,4,6H2,1-3H3,(H,18,21). The summed E-state index contributed by atoms with van der Waals surface area (Å²) in [6.45, 7) is 6.64. The normalized spacial score (nSPS) is 17.6. The Morgan fingerprint density at radius 2 is 2.00 bits per heavy atom. The number of amides is 2. The highest BCUT2D eigenvalue weighted by Gasteiger charge is 2.35. The van der Waals surface area contributed by atoms with Crippen LogP contribution in [-0.2, 0) is 4.79 Å². The van der Waals surface area contributed by atoms with E-state index in [0.717, 1.165) is 16.8 Å². The lowest BCUT2D eigenvalue weighted by atomic mass is 10.0. The van der Waals surface area contributed by atoms with E-state index in [1.165, 1.54) is 17.9 Å². The molecule has 1 saturated heterocycles. The molecule has 1 aliphatic heterocycles. The van der Waals surface area contributed by atoms with Gasteiger partial charge in [-0.15, -0.1) is 0 Å². The number of carbonyl (C=O) groups excluding carboxylic acids is 2. The van der Waals surface area contributed by atoms with Crippen molar-refractivity contribution < 1.29 is 14.1 Å². The molecule has 1 unspecified atom stereocenters. The summed E-state index contributed by atoms with van der Waals surface area (Å²) >= 11 is 0. The molecule has 1 aromatic carbocycles. The summed E-state index contributed by atoms with van der Waals surface area (Å²) in [6.07, 6.45) is 1.91. The Bertz CT molecular complexity index is 729. The first-order valence-electron chi connectivity index (χ1n) is 7.58. The first kappa shape index (κ1) is 15.3. The van der Waals surface area contributed by atoms with Crippen molar-refractivity contribution in [3.63, 3.8) is 0 Å². The molecule has 0 bridgehead atoms. The number of carbonyl (C=O) groups is 2. The minimum atomic E-state index is -0.528. The summed E-state index contributed by atoms with van der Waals surface area (Å²) in [5.74, 6) is -0.479. The van der Waals surface area contributed by atoms with Gasteiger partial charge >= 0.3 is 0 Å². The number of rotatable bonds is 3. The second kappa shape index (κ2) is 5.87. The predicted octanol–water partition coefficient (Wildman–Crippen LogP) is 2.14. The molecular weight excluding hydrogens is 294 g/mol. The average Bonchev–Trinajstić information content (AvgIpc) is 3.11. The number of nitrogens with zero attached hydrogens (tertiary/aromatic N) is 2. The van der Waals surface area contributed by atoms with E-state index in [4.69, 9.17) is 0 Å². The summed E-state index contributed by atoms with van der Waals surface area (Å²) < 4.78 is 4.65. The Morgan fingerprint density at radius 3 is 2.61 bits per heavy atom. The van der Waals surface area contributed by atoms with Gasteiger partial charge < -0.3 is 14.7 Å². The number of nitrogens with one attached hydrogen (secondary N) is 1. The van der Waals surface area contributed by atoms with Gasteiger partial charge in [0, 0.05) is 18.3 Å². The van der Waals surface area contributed by atoms with E-state index < -0.39 is 11.9 Å². The monoisotopic (exact) mass is 313 g/mol. The van der Waals surface area contributed by atoms with Crippen molar-refractivity contribution in [1.29, 1.82) is 0 Å². The molecule has 2 amide bonds. The number of aryl methyl sites for hydroxylation is 3. The number of hydrogen-bond acceptors (Lipinski definition) is 4. The summed E-state index contributed by atoms with van der Waals surface area (Å²) in [4.78, 5) is 26.5. The van der Waals surface area contributed by atoms with Gasteiger partial charge in [0.05, 0.1) is 0 Å². The van der Waals surface area contributed by atoms with Gasteiger partial charge in [-0.25, -0.2) is 0 Å². The molecule has 0 radical (unpaired) electrons. The van der Waals surface area contributed by atoms with Crippen LogP contribution in [0.3, 0.4) is 0 Å². The van der Waals surface area contributed by atoms with Crippen LogP contribution in [-0.4, -0.2) is 29.6 Å². The van der Waals surface area contributed by atoms with Crippen molar-refractivity contribution in [1.82, 2.24) is 10.5 Å². The molecule has 1 N–H and O–H groups in total. The third kappa shape index (κ3) is 2.84. The van der Waals surface area contributed by atoms with Crippen molar-refractivity contribution >= 4 is 17.5 Å². The Morgan fingerprint density at radius 1 is 1.30 bits per heavy atom. The Kier molecular flexibility index (Phi) is 3.90. The van der Waals surface area contributed by atoms with Crippen LogP contribution in [0.1, 0.15) is 33.6 Å². The molecule has 6 nitrogen and oxygen atoms in total. The lowest BCUT2D eigenvalue weighted by molar-refractivity contribution is -0.118. The van der Waals surface area contributed by atoms with Crippen LogP contribution in [0.25, 0.3) is 0 Å². The molecule has 0 aliphatic carbocycles. The zero-order chi connectivity index (χ0) is 16.6.